The second-order valence-electron chi connectivity index (χ2n) is 5.90. The summed E-state index contributed by atoms with van der Waals surface area (Å²) >= 11 is 12.5. The minimum atomic E-state index is 0.267. The number of nitrogens with one attached hydrogen (secondary N) is 1. The molecule has 0 aromatic heterocycles. The van der Waals surface area contributed by atoms with Crippen LogP contribution in [0.5, 0.6) is 0 Å². The van der Waals surface area contributed by atoms with Crippen molar-refractivity contribution in [2.24, 2.45) is 0 Å². The number of rotatable bonds is 5. The molecule has 4 heteroatoms. The van der Waals surface area contributed by atoms with Crippen molar-refractivity contribution in [3.63, 3.8) is 0 Å². The minimum Gasteiger partial charge on any atom is -0.313 e. The van der Waals surface area contributed by atoms with Crippen LogP contribution in [0, 0.1) is 0 Å². The largest absolute Gasteiger partial charge is 0.313 e. The second-order valence-corrected chi connectivity index (χ2v) is 6.69. The summed E-state index contributed by atoms with van der Waals surface area (Å²) in [6.45, 7) is 8.89. The summed E-state index contributed by atoms with van der Waals surface area (Å²) in [6.07, 6.45) is 2.54. The molecule has 1 saturated heterocycles. The molecule has 0 bridgehead atoms. The fraction of sp³-hybridized carbons (Fsp3) is 0.625. The molecule has 1 aliphatic rings. The molecule has 0 spiro atoms. The van der Waals surface area contributed by atoms with Gasteiger partial charge in [-0.3, -0.25) is 4.90 Å². The molecule has 2 unspecified atom stereocenters. The summed E-state index contributed by atoms with van der Waals surface area (Å²) in [5.41, 5.74) is 1.12. The highest BCUT2D eigenvalue weighted by Gasteiger charge is 2.25. The molecule has 0 radical (unpaired) electrons. The van der Waals surface area contributed by atoms with Crippen molar-refractivity contribution in [1.82, 2.24) is 10.2 Å². The molecule has 2 rings (SSSR count). The zero-order valence-electron chi connectivity index (χ0n) is 12.5. The Morgan fingerprint density at radius 3 is 2.65 bits per heavy atom. The highest BCUT2D eigenvalue weighted by atomic mass is 35.5. The van der Waals surface area contributed by atoms with Gasteiger partial charge in [-0.05, 0) is 51.8 Å². The molecular weight excluding hydrogens is 291 g/mol. The van der Waals surface area contributed by atoms with Gasteiger partial charge in [0.25, 0.3) is 0 Å². The summed E-state index contributed by atoms with van der Waals surface area (Å²) in [6, 6.07) is 7.24. The van der Waals surface area contributed by atoms with Crippen LogP contribution in [0.4, 0.5) is 0 Å². The summed E-state index contributed by atoms with van der Waals surface area (Å²) in [5.74, 6) is 0. The molecular formula is C16H24Cl2N2. The van der Waals surface area contributed by atoms with Crippen LogP contribution < -0.4 is 5.32 Å². The van der Waals surface area contributed by atoms with E-state index in [-0.39, 0.29) is 6.04 Å². The average molecular weight is 315 g/mol. The molecule has 1 aromatic rings. The van der Waals surface area contributed by atoms with Crippen LogP contribution in [0.25, 0.3) is 0 Å². The van der Waals surface area contributed by atoms with Gasteiger partial charge in [0.1, 0.15) is 0 Å². The van der Waals surface area contributed by atoms with Crippen LogP contribution >= 0.6 is 23.2 Å². The van der Waals surface area contributed by atoms with E-state index >= 15 is 0 Å². The molecule has 20 heavy (non-hydrogen) atoms. The SMILES string of the molecule is CC(C)N(CC1CCCN1)C(C)c1cccc(Cl)c1Cl. The monoisotopic (exact) mass is 314 g/mol. The standard InChI is InChI=1S/C16H24Cl2N2/c1-11(2)20(10-13-6-5-9-19-13)12(3)14-7-4-8-15(17)16(14)18/h4,7-8,11-13,19H,5-6,9-10H2,1-3H3. The smallest absolute Gasteiger partial charge is 0.0640 e. The van der Waals surface area contributed by atoms with Crippen molar-refractivity contribution in [2.45, 2.75) is 51.7 Å². The molecule has 0 amide bonds. The highest BCUT2D eigenvalue weighted by molar-refractivity contribution is 6.42. The lowest BCUT2D eigenvalue weighted by Gasteiger charge is -2.35. The third-order valence-electron chi connectivity index (χ3n) is 4.19. The van der Waals surface area contributed by atoms with E-state index < -0.39 is 0 Å². The van der Waals surface area contributed by atoms with Gasteiger partial charge >= 0.3 is 0 Å². The van der Waals surface area contributed by atoms with Gasteiger partial charge in [0.15, 0.2) is 0 Å². The van der Waals surface area contributed by atoms with E-state index in [4.69, 9.17) is 23.2 Å². The Morgan fingerprint density at radius 2 is 2.05 bits per heavy atom. The van der Waals surface area contributed by atoms with Crippen molar-refractivity contribution in [2.75, 3.05) is 13.1 Å². The van der Waals surface area contributed by atoms with E-state index in [2.05, 4.69) is 37.1 Å². The zero-order valence-corrected chi connectivity index (χ0v) is 14.0. The number of benzene rings is 1. The van der Waals surface area contributed by atoms with Crippen molar-refractivity contribution in [3.05, 3.63) is 33.8 Å². The first kappa shape index (κ1) is 16.1. The van der Waals surface area contributed by atoms with Crippen molar-refractivity contribution >= 4 is 23.2 Å². The lowest BCUT2D eigenvalue weighted by atomic mass is 10.0. The Morgan fingerprint density at radius 1 is 1.30 bits per heavy atom. The fourth-order valence-electron chi connectivity index (χ4n) is 3.00. The molecule has 1 N–H and O–H groups in total. The summed E-state index contributed by atoms with van der Waals surface area (Å²) in [5, 5.41) is 4.90. The lowest BCUT2D eigenvalue weighted by molar-refractivity contribution is 0.150. The third-order valence-corrected chi connectivity index (χ3v) is 5.02. The first-order valence-electron chi connectivity index (χ1n) is 7.43. The molecule has 1 aliphatic heterocycles. The first-order valence-corrected chi connectivity index (χ1v) is 8.19. The van der Waals surface area contributed by atoms with Crippen molar-refractivity contribution in [3.8, 4) is 0 Å². The van der Waals surface area contributed by atoms with E-state index in [1.165, 1.54) is 12.8 Å². The van der Waals surface area contributed by atoms with Gasteiger partial charge in [-0.1, -0.05) is 35.3 Å². The van der Waals surface area contributed by atoms with Crippen LogP contribution in [0.3, 0.4) is 0 Å². The van der Waals surface area contributed by atoms with Gasteiger partial charge in [0.05, 0.1) is 10.0 Å². The van der Waals surface area contributed by atoms with Gasteiger partial charge < -0.3 is 5.32 Å². The zero-order chi connectivity index (χ0) is 14.7. The Bertz CT molecular complexity index is 442. The predicted octanol–water partition coefficient (Wildman–Crippen LogP) is 4.52. The number of nitrogens with zero attached hydrogens (tertiary/aromatic N) is 1. The normalized spacial score (nSPS) is 20.9. The number of halogens is 2. The van der Waals surface area contributed by atoms with E-state index in [0.29, 0.717) is 22.1 Å². The molecule has 112 valence electrons. The van der Waals surface area contributed by atoms with Crippen LogP contribution in [0.15, 0.2) is 18.2 Å². The maximum absolute atomic E-state index is 6.38. The Labute approximate surface area is 132 Å². The Hall–Kier alpha value is -0.280. The third kappa shape index (κ3) is 3.67. The maximum Gasteiger partial charge on any atom is 0.0640 e. The van der Waals surface area contributed by atoms with E-state index in [9.17, 15) is 0 Å². The molecule has 1 fully saturated rings. The molecule has 1 heterocycles. The maximum atomic E-state index is 6.38. The summed E-state index contributed by atoms with van der Waals surface area (Å²) in [4.78, 5) is 2.50. The van der Waals surface area contributed by atoms with E-state index in [0.717, 1.165) is 18.7 Å². The number of hydrogen-bond donors (Lipinski definition) is 1. The van der Waals surface area contributed by atoms with Crippen molar-refractivity contribution in [1.29, 1.82) is 0 Å². The Kier molecular flexibility index (Phi) is 5.74. The second kappa shape index (κ2) is 7.13. The van der Waals surface area contributed by atoms with Gasteiger partial charge in [-0.25, -0.2) is 0 Å². The summed E-state index contributed by atoms with van der Waals surface area (Å²) < 4.78 is 0. The van der Waals surface area contributed by atoms with E-state index in [1.54, 1.807) is 0 Å². The molecule has 0 aliphatic carbocycles. The molecule has 2 nitrogen and oxygen atoms in total. The quantitative estimate of drug-likeness (QED) is 0.859. The average Bonchev–Trinajstić information content (AvgIpc) is 2.91. The van der Waals surface area contributed by atoms with Gasteiger partial charge in [0, 0.05) is 24.7 Å². The first-order chi connectivity index (χ1) is 9.50. The summed E-state index contributed by atoms with van der Waals surface area (Å²) in [7, 11) is 0. The Balaban J connectivity index is 2.17. The highest BCUT2D eigenvalue weighted by Crippen LogP contribution is 2.33. The molecule has 2 atom stereocenters. The van der Waals surface area contributed by atoms with Crippen LogP contribution in [0.2, 0.25) is 10.0 Å². The topological polar surface area (TPSA) is 15.3 Å². The molecule has 1 aromatic carbocycles. The minimum absolute atomic E-state index is 0.267. The van der Waals surface area contributed by atoms with Gasteiger partial charge in [0.2, 0.25) is 0 Å². The van der Waals surface area contributed by atoms with Crippen LogP contribution in [-0.2, 0) is 0 Å². The fourth-order valence-corrected chi connectivity index (χ4v) is 3.47. The van der Waals surface area contributed by atoms with Gasteiger partial charge in [-0.15, -0.1) is 0 Å². The number of hydrogen-bond acceptors (Lipinski definition) is 2. The molecule has 0 saturated carbocycles. The van der Waals surface area contributed by atoms with Crippen LogP contribution in [0.1, 0.15) is 45.2 Å². The van der Waals surface area contributed by atoms with Crippen molar-refractivity contribution < 1.29 is 0 Å². The van der Waals surface area contributed by atoms with E-state index in [1.807, 2.05) is 12.1 Å². The predicted molar refractivity (Wildman–Crippen MR) is 87.7 cm³/mol. The lowest BCUT2D eigenvalue weighted by Crippen LogP contribution is -2.42. The van der Waals surface area contributed by atoms with Gasteiger partial charge in [-0.2, -0.15) is 0 Å². The van der Waals surface area contributed by atoms with Crippen LogP contribution in [-0.4, -0.2) is 30.1 Å².